The van der Waals surface area contributed by atoms with E-state index in [2.05, 4.69) is 19.8 Å². The van der Waals surface area contributed by atoms with Crippen LogP contribution in [-0.4, -0.2) is 28.2 Å². The van der Waals surface area contributed by atoms with Crippen LogP contribution in [0.1, 0.15) is 5.56 Å². The minimum atomic E-state index is -3.78. The van der Waals surface area contributed by atoms with Gasteiger partial charge in [0.25, 0.3) is 10.0 Å². The summed E-state index contributed by atoms with van der Waals surface area (Å²) < 4.78 is 29.9. The maximum Gasteiger partial charge on any atom is 0.263 e. The Morgan fingerprint density at radius 1 is 1.04 bits per heavy atom. The van der Waals surface area contributed by atoms with Crippen LogP contribution in [0.15, 0.2) is 66.1 Å². The molecule has 0 spiro atoms. The van der Waals surface area contributed by atoms with Gasteiger partial charge in [-0.25, -0.2) is 8.42 Å². The van der Waals surface area contributed by atoms with Crippen molar-refractivity contribution < 1.29 is 8.42 Å². The lowest BCUT2D eigenvalue weighted by Gasteiger charge is -2.10. The summed E-state index contributed by atoms with van der Waals surface area (Å²) >= 11 is 0. The summed E-state index contributed by atoms with van der Waals surface area (Å²) in [6.45, 7) is 1.96. The van der Waals surface area contributed by atoms with Gasteiger partial charge in [0.2, 0.25) is 0 Å². The first-order chi connectivity index (χ1) is 13.0. The number of para-hydroxylation sites is 1. The van der Waals surface area contributed by atoms with E-state index >= 15 is 0 Å². The molecule has 0 radical (unpaired) electrons. The Hall–Kier alpha value is -3.26. The summed E-state index contributed by atoms with van der Waals surface area (Å²) in [5, 5.41) is 5.04. The van der Waals surface area contributed by atoms with Gasteiger partial charge in [0.1, 0.15) is 4.90 Å². The Bertz CT molecular complexity index is 1230. The highest BCUT2D eigenvalue weighted by Crippen LogP contribution is 2.26. The lowest BCUT2D eigenvalue weighted by atomic mass is 10.1. The fourth-order valence-corrected chi connectivity index (χ4v) is 3.96. The van der Waals surface area contributed by atoms with Crippen LogP contribution in [0.5, 0.6) is 0 Å². The van der Waals surface area contributed by atoms with Crippen LogP contribution in [0, 0.1) is 6.92 Å². The van der Waals surface area contributed by atoms with Crippen molar-refractivity contribution >= 4 is 26.6 Å². The molecule has 0 aliphatic carbocycles. The van der Waals surface area contributed by atoms with Crippen molar-refractivity contribution in [1.82, 2.24) is 19.7 Å². The average Bonchev–Trinajstić information content (AvgIpc) is 3.04. The molecule has 0 unspecified atom stereocenters. The number of hydrogen-bond donors (Lipinski definition) is 1. The molecule has 0 bridgehead atoms. The van der Waals surface area contributed by atoms with Gasteiger partial charge in [-0.1, -0.05) is 12.1 Å². The first-order valence-electron chi connectivity index (χ1n) is 8.26. The van der Waals surface area contributed by atoms with Gasteiger partial charge in [0.05, 0.1) is 23.1 Å². The maximum absolute atomic E-state index is 12.8. The third kappa shape index (κ3) is 3.15. The van der Waals surface area contributed by atoms with Crippen molar-refractivity contribution in [2.24, 2.45) is 7.05 Å². The number of rotatable bonds is 4. The van der Waals surface area contributed by atoms with Crippen LogP contribution in [0.4, 0.5) is 5.69 Å². The smallest absolute Gasteiger partial charge is 0.263 e. The average molecular weight is 379 g/mol. The molecule has 0 saturated heterocycles. The molecule has 1 aromatic carbocycles. The zero-order valence-electron chi connectivity index (χ0n) is 14.8. The van der Waals surface area contributed by atoms with Crippen LogP contribution in [0.2, 0.25) is 0 Å². The summed E-state index contributed by atoms with van der Waals surface area (Å²) in [5.41, 5.74) is 3.76. The SMILES string of the molecule is Cc1ccncc1-c1ccc(S(=O)(=O)Nc2cccc3cnn(C)c23)cn1. The second kappa shape index (κ2) is 6.48. The summed E-state index contributed by atoms with van der Waals surface area (Å²) in [6, 6.07) is 10.5. The minimum Gasteiger partial charge on any atom is -0.277 e. The summed E-state index contributed by atoms with van der Waals surface area (Å²) in [6.07, 6.45) is 6.47. The second-order valence-corrected chi connectivity index (χ2v) is 7.87. The number of benzene rings is 1. The number of anilines is 1. The van der Waals surface area contributed by atoms with E-state index in [0.717, 1.165) is 22.0 Å². The highest BCUT2D eigenvalue weighted by molar-refractivity contribution is 7.92. The van der Waals surface area contributed by atoms with Crippen molar-refractivity contribution in [2.45, 2.75) is 11.8 Å². The minimum absolute atomic E-state index is 0.0898. The molecule has 7 nitrogen and oxygen atoms in total. The van der Waals surface area contributed by atoms with Crippen molar-refractivity contribution in [3.05, 3.63) is 66.7 Å². The van der Waals surface area contributed by atoms with E-state index in [1.54, 1.807) is 54.6 Å². The first kappa shape index (κ1) is 17.2. The fourth-order valence-electron chi connectivity index (χ4n) is 2.95. The molecule has 4 aromatic rings. The van der Waals surface area contributed by atoms with Crippen LogP contribution >= 0.6 is 0 Å². The van der Waals surface area contributed by atoms with Gasteiger partial charge < -0.3 is 0 Å². The quantitative estimate of drug-likeness (QED) is 0.588. The second-order valence-electron chi connectivity index (χ2n) is 6.19. The third-order valence-electron chi connectivity index (χ3n) is 4.37. The molecule has 27 heavy (non-hydrogen) atoms. The van der Waals surface area contributed by atoms with Gasteiger partial charge in [0.15, 0.2) is 0 Å². The Morgan fingerprint density at radius 3 is 2.63 bits per heavy atom. The van der Waals surface area contributed by atoms with E-state index in [9.17, 15) is 8.42 Å². The van der Waals surface area contributed by atoms with Gasteiger partial charge in [-0.05, 0) is 36.8 Å². The summed E-state index contributed by atoms with van der Waals surface area (Å²) in [4.78, 5) is 8.50. The van der Waals surface area contributed by atoms with Crippen LogP contribution in [0.25, 0.3) is 22.2 Å². The van der Waals surface area contributed by atoms with Gasteiger partial charge in [-0.3, -0.25) is 19.4 Å². The molecule has 8 heteroatoms. The molecule has 136 valence electrons. The molecule has 0 saturated carbocycles. The Balaban J connectivity index is 1.68. The number of aromatic nitrogens is 4. The monoisotopic (exact) mass is 379 g/mol. The molecular weight excluding hydrogens is 362 g/mol. The molecule has 3 aromatic heterocycles. The summed E-state index contributed by atoms with van der Waals surface area (Å²) in [5.74, 6) is 0. The molecule has 0 aliphatic rings. The van der Waals surface area contributed by atoms with Crippen LogP contribution < -0.4 is 4.72 Å². The predicted octanol–water partition coefficient (Wildman–Crippen LogP) is 3.14. The number of nitrogens with zero attached hydrogens (tertiary/aromatic N) is 4. The van der Waals surface area contributed by atoms with E-state index in [1.807, 2.05) is 19.1 Å². The largest absolute Gasteiger partial charge is 0.277 e. The molecule has 0 atom stereocenters. The standard InChI is InChI=1S/C19H17N5O2S/c1-13-8-9-20-12-16(13)17-7-6-15(11-21-17)27(25,26)23-18-5-3-4-14-10-22-24(2)19(14)18/h3-12,23H,1-2H3. The zero-order valence-corrected chi connectivity index (χ0v) is 15.6. The molecule has 0 aliphatic heterocycles. The van der Waals surface area contributed by atoms with E-state index < -0.39 is 10.0 Å². The zero-order chi connectivity index (χ0) is 19.0. The highest BCUT2D eigenvalue weighted by Gasteiger charge is 2.18. The van der Waals surface area contributed by atoms with Gasteiger partial charge in [-0.2, -0.15) is 5.10 Å². The van der Waals surface area contributed by atoms with E-state index in [0.29, 0.717) is 11.4 Å². The van der Waals surface area contributed by atoms with E-state index in [4.69, 9.17) is 0 Å². The summed E-state index contributed by atoms with van der Waals surface area (Å²) in [7, 11) is -2.01. The molecule has 1 N–H and O–H groups in total. The number of pyridine rings is 2. The van der Waals surface area contributed by atoms with Crippen LogP contribution in [-0.2, 0) is 17.1 Å². The topological polar surface area (TPSA) is 89.8 Å². The van der Waals surface area contributed by atoms with Crippen LogP contribution in [0.3, 0.4) is 0 Å². The number of hydrogen-bond acceptors (Lipinski definition) is 5. The van der Waals surface area contributed by atoms with Gasteiger partial charge >= 0.3 is 0 Å². The highest BCUT2D eigenvalue weighted by atomic mass is 32.2. The predicted molar refractivity (Wildman–Crippen MR) is 104 cm³/mol. The molecule has 0 fully saturated rings. The Kier molecular flexibility index (Phi) is 4.12. The van der Waals surface area contributed by atoms with E-state index in [-0.39, 0.29) is 4.90 Å². The van der Waals surface area contributed by atoms with Crippen molar-refractivity contribution in [2.75, 3.05) is 4.72 Å². The van der Waals surface area contributed by atoms with Gasteiger partial charge in [-0.15, -0.1) is 0 Å². The number of aryl methyl sites for hydroxylation is 2. The Morgan fingerprint density at radius 2 is 1.89 bits per heavy atom. The van der Waals surface area contributed by atoms with Crippen molar-refractivity contribution in [1.29, 1.82) is 0 Å². The normalized spacial score (nSPS) is 11.6. The molecule has 3 heterocycles. The third-order valence-corrected chi connectivity index (χ3v) is 5.72. The van der Waals surface area contributed by atoms with Crippen molar-refractivity contribution in [3.63, 3.8) is 0 Å². The van der Waals surface area contributed by atoms with Crippen molar-refractivity contribution in [3.8, 4) is 11.3 Å². The number of nitrogens with one attached hydrogen (secondary N) is 1. The number of sulfonamides is 1. The van der Waals surface area contributed by atoms with E-state index in [1.165, 1.54) is 6.20 Å². The Labute approximate surface area is 156 Å². The maximum atomic E-state index is 12.8. The lowest BCUT2D eigenvalue weighted by Crippen LogP contribution is -2.14. The first-order valence-corrected chi connectivity index (χ1v) is 9.74. The lowest BCUT2D eigenvalue weighted by molar-refractivity contribution is 0.601. The molecule has 0 amide bonds. The fraction of sp³-hybridized carbons (Fsp3) is 0.105. The van der Waals surface area contributed by atoms with Gasteiger partial charge in [0, 0.05) is 36.6 Å². The molecule has 4 rings (SSSR count). The molecular formula is C19H17N5O2S. The number of fused-ring (bicyclic) bond motifs is 1.